The standard InChI is InChI=1S/C15H15BrClNO/c1-18-9-11-5-6-12(15(16)7-11)10-19-14-4-2-3-13(17)8-14/h2-8,18H,9-10H2,1H3. The summed E-state index contributed by atoms with van der Waals surface area (Å²) in [5.74, 6) is 0.777. The van der Waals surface area contributed by atoms with Gasteiger partial charge in [0.25, 0.3) is 0 Å². The van der Waals surface area contributed by atoms with E-state index in [0.717, 1.165) is 22.3 Å². The number of ether oxygens (including phenoxy) is 1. The molecule has 19 heavy (non-hydrogen) atoms. The van der Waals surface area contributed by atoms with E-state index in [4.69, 9.17) is 16.3 Å². The van der Waals surface area contributed by atoms with Crippen LogP contribution < -0.4 is 10.1 Å². The normalized spacial score (nSPS) is 10.5. The van der Waals surface area contributed by atoms with Gasteiger partial charge in [0.15, 0.2) is 0 Å². The van der Waals surface area contributed by atoms with Gasteiger partial charge in [0, 0.05) is 21.6 Å². The molecule has 0 aromatic heterocycles. The van der Waals surface area contributed by atoms with Crippen LogP contribution >= 0.6 is 27.5 Å². The van der Waals surface area contributed by atoms with Gasteiger partial charge in [0.05, 0.1) is 0 Å². The molecule has 2 aromatic rings. The number of halogens is 2. The fourth-order valence-electron chi connectivity index (χ4n) is 1.74. The summed E-state index contributed by atoms with van der Waals surface area (Å²) in [6.45, 7) is 1.37. The van der Waals surface area contributed by atoms with Gasteiger partial charge in [-0.25, -0.2) is 0 Å². The summed E-state index contributed by atoms with van der Waals surface area (Å²) in [4.78, 5) is 0. The molecule has 0 aliphatic rings. The van der Waals surface area contributed by atoms with E-state index in [0.29, 0.717) is 11.6 Å². The average Bonchev–Trinajstić information content (AvgIpc) is 2.38. The third-order valence-corrected chi connectivity index (χ3v) is 3.66. The number of nitrogens with one attached hydrogen (secondary N) is 1. The lowest BCUT2D eigenvalue weighted by atomic mass is 10.1. The molecule has 0 unspecified atom stereocenters. The topological polar surface area (TPSA) is 21.3 Å². The number of rotatable bonds is 5. The van der Waals surface area contributed by atoms with Gasteiger partial charge in [-0.05, 0) is 36.9 Å². The maximum Gasteiger partial charge on any atom is 0.121 e. The highest BCUT2D eigenvalue weighted by atomic mass is 79.9. The van der Waals surface area contributed by atoms with Crippen LogP contribution in [0.3, 0.4) is 0 Å². The van der Waals surface area contributed by atoms with E-state index in [1.165, 1.54) is 5.56 Å². The largest absolute Gasteiger partial charge is 0.489 e. The fourth-order valence-corrected chi connectivity index (χ4v) is 2.46. The summed E-state index contributed by atoms with van der Waals surface area (Å²) in [6, 6.07) is 13.7. The molecule has 0 aliphatic heterocycles. The molecule has 0 spiro atoms. The molecule has 0 saturated heterocycles. The Morgan fingerprint density at radius 2 is 2.05 bits per heavy atom. The average molecular weight is 341 g/mol. The first-order chi connectivity index (χ1) is 9.19. The van der Waals surface area contributed by atoms with E-state index in [9.17, 15) is 0 Å². The van der Waals surface area contributed by atoms with Crippen LogP contribution in [0.4, 0.5) is 0 Å². The summed E-state index contributed by atoms with van der Waals surface area (Å²) in [5, 5.41) is 3.81. The molecular formula is C15H15BrClNO. The van der Waals surface area contributed by atoms with E-state index in [1.807, 2.05) is 31.3 Å². The minimum Gasteiger partial charge on any atom is -0.489 e. The van der Waals surface area contributed by atoms with Gasteiger partial charge in [-0.2, -0.15) is 0 Å². The van der Waals surface area contributed by atoms with Crippen molar-refractivity contribution < 1.29 is 4.74 Å². The minimum absolute atomic E-state index is 0.515. The second kappa shape index (κ2) is 6.94. The predicted molar refractivity (Wildman–Crippen MR) is 82.7 cm³/mol. The lowest BCUT2D eigenvalue weighted by Gasteiger charge is -2.09. The van der Waals surface area contributed by atoms with Crippen LogP contribution in [0.2, 0.25) is 5.02 Å². The molecule has 1 N–H and O–H groups in total. The van der Waals surface area contributed by atoms with Crippen LogP contribution in [0.15, 0.2) is 46.9 Å². The van der Waals surface area contributed by atoms with Crippen molar-refractivity contribution in [2.24, 2.45) is 0 Å². The molecule has 0 bridgehead atoms. The summed E-state index contributed by atoms with van der Waals surface area (Å²) in [5.41, 5.74) is 2.35. The van der Waals surface area contributed by atoms with Crippen LogP contribution in [-0.4, -0.2) is 7.05 Å². The van der Waals surface area contributed by atoms with E-state index < -0.39 is 0 Å². The molecule has 2 nitrogen and oxygen atoms in total. The molecule has 2 aromatic carbocycles. The predicted octanol–water partition coefficient (Wildman–Crippen LogP) is 4.40. The van der Waals surface area contributed by atoms with Crippen molar-refractivity contribution in [2.45, 2.75) is 13.2 Å². The zero-order valence-electron chi connectivity index (χ0n) is 10.6. The molecule has 0 heterocycles. The second-order valence-corrected chi connectivity index (χ2v) is 5.49. The van der Waals surface area contributed by atoms with Crippen molar-refractivity contribution in [3.8, 4) is 5.75 Å². The highest BCUT2D eigenvalue weighted by molar-refractivity contribution is 9.10. The fraction of sp³-hybridized carbons (Fsp3) is 0.200. The Kier molecular flexibility index (Phi) is 5.25. The zero-order valence-corrected chi connectivity index (χ0v) is 13.0. The van der Waals surface area contributed by atoms with Gasteiger partial charge in [0.1, 0.15) is 12.4 Å². The second-order valence-electron chi connectivity index (χ2n) is 4.20. The summed E-state index contributed by atoms with van der Waals surface area (Å²) >= 11 is 9.49. The third-order valence-electron chi connectivity index (χ3n) is 2.69. The first-order valence-electron chi connectivity index (χ1n) is 5.99. The van der Waals surface area contributed by atoms with Gasteiger partial charge in [0.2, 0.25) is 0 Å². The Bertz CT molecular complexity index is 560. The number of benzene rings is 2. The number of hydrogen-bond acceptors (Lipinski definition) is 2. The Morgan fingerprint density at radius 3 is 2.74 bits per heavy atom. The lowest BCUT2D eigenvalue weighted by molar-refractivity contribution is 0.305. The lowest BCUT2D eigenvalue weighted by Crippen LogP contribution is -2.05. The highest BCUT2D eigenvalue weighted by Gasteiger charge is 2.03. The van der Waals surface area contributed by atoms with E-state index in [2.05, 4.69) is 39.4 Å². The summed E-state index contributed by atoms with van der Waals surface area (Å²) in [7, 11) is 1.93. The number of hydrogen-bond donors (Lipinski definition) is 1. The molecule has 0 atom stereocenters. The van der Waals surface area contributed by atoms with Crippen LogP contribution in [0.5, 0.6) is 5.75 Å². The molecule has 4 heteroatoms. The molecule has 100 valence electrons. The van der Waals surface area contributed by atoms with Gasteiger partial charge in [-0.15, -0.1) is 0 Å². The molecule has 0 saturated carbocycles. The quantitative estimate of drug-likeness (QED) is 0.871. The zero-order chi connectivity index (χ0) is 13.7. The first-order valence-corrected chi connectivity index (χ1v) is 7.16. The Morgan fingerprint density at radius 1 is 1.21 bits per heavy atom. The van der Waals surface area contributed by atoms with Crippen molar-refractivity contribution in [1.29, 1.82) is 0 Å². The Labute approximate surface area is 126 Å². The van der Waals surface area contributed by atoms with E-state index in [1.54, 1.807) is 0 Å². The highest BCUT2D eigenvalue weighted by Crippen LogP contribution is 2.22. The monoisotopic (exact) mass is 339 g/mol. The van der Waals surface area contributed by atoms with Gasteiger partial charge in [-0.1, -0.05) is 45.7 Å². The van der Waals surface area contributed by atoms with Crippen molar-refractivity contribution >= 4 is 27.5 Å². The summed E-state index contributed by atoms with van der Waals surface area (Å²) < 4.78 is 6.78. The van der Waals surface area contributed by atoms with Gasteiger partial charge in [-0.3, -0.25) is 0 Å². The van der Waals surface area contributed by atoms with Crippen LogP contribution in [0.1, 0.15) is 11.1 Å². The summed E-state index contributed by atoms with van der Waals surface area (Å²) in [6.07, 6.45) is 0. The van der Waals surface area contributed by atoms with Crippen molar-refractivity contribution in [1.82, 2.24) is 5.32 Å². The minimum atomic E-state index is 0.515. The maximum atomic E-state index is 5.92. The van der Waals surface area contributed by atoms with Crippen molar-refractivity contribution in [2.75, 3.05) is 7.05 Å². The van der Waals surface area contributed by atoms with E-state index >= 15 is 0 Å². The van der Waals surface area contributed by atoms with E-state index in [-0.39, 0.29) is 0 Å². The Hall–Kier alpha value is -1.03. The molecule has 0 aliphatic carbocycles. The van der Waals surface area contributed by atoms with Crippen molar-refractivity contribution in [3.05, 3.63) is 63.1 Å². The van der Waals surface area contributed by atoms with Crippen LogP contribution in [0, 0.1) is 0 Å². The van der Waals surface area contributed by atoms with Crippen LogP contribution in [-0.2, 0) is 13.2 Å². The molecule has 0 amide bonds. The van der Waals surface area contributed by atoms with Crippen molar-refractivity contribution in [3.63, 3.8) is 0 Å². The van der Waals surface area contributed by atoms with Crippen LogP contribution in [0.25, 0.3) is 0 Å². The first kappa shape index (κ1) is 14.4. The Balaban J connectivity index is 2.03. The third kappa shape index (κ3) is 4.23. The smallest absolute Gasteiger partial charge is 0.121 e. The van der Waals surface area contributed by atoms with Gasteiger partial charge < -0.3 is 10.1 Å². The molecule has 0 fully saturated rings. The molecule has 0 radical (unpaired) electrons. The maximum absolute atomic E-state index is 5.92. The van der Waals surface area contributed by atoms with Gasteiger partial charge >= 0.3 is 0 Å². The SMILES string of the molecule is CNCc1ccc(COc2cccc(Cl)c2)c(Br)c1. The molecule has 2 rings (SSSR count). The molecular weight excluding hydrogens is 326 g/mol.